The highest BCUT2D eigenvalue weighted by Gasteiger charge is 2.39. The minimum absolute atomic E-state index is 0.0117. The summed E-state index contributed by atoms with van der Waals surface area (Å²) in [6.07, 6.45) is 0. The SMILES string of the molecule is COC(C)(C)C(C)(C)OB(C)c1ccc(SCc2ccccc2)cc1. The van der Waals surface area contributed by atoms with Gasteiger partial charge in [0.15, 0.2) is 0 Å². The maximum absolute atomic E-state index is 6.32. The van der Waals surface area contributed by atoms with Gasteiger partial charge >= 0.3 is 6.92 Å². The van der Waals surface area contributed by atoms with Crippen LogP contribution in [0.1, 0.15) is 33.3 Å². The zero-order valence-electron chi connectivity index (χ0n) is 16.2. The fourth-order valence-corrected chi connectivity index (χ4v) is 3.33. The Morgan fingerprint density at radius 2 is 1.48 bits per heavy atom. The summed E-state index contributed by atoms with van der Waals surface area (Å²) in [5.74, 6) is 0.987. The number of hydrogen-bond donors (Lipinski definition) is 0. The van der Waals surface area contributed by atoms with Crippen molar-refractivity contribution in [2.45, 2.75) is 56.4 Å². The minimum Gasteiger partial charge on any atom is -0.423 e. The van der Waals surface area contributed by atoms with Crippen LogP contribution in [0.3, 0.4) is 0 Å². The normalized spacial score (nSPS) is 12.2. The molecular formula is C21H29BO2S. The molecule has 0 aliphatic rings. The van der Waals surface area contributed by atoms with E-state index in [0.717, 1.165) is 5.75 Å². The van der Waals surface area contributed by atoms with Gasteiger partial charge in [-0.25, -0.2) is 0 Å². The van der Waals surface area contributed by atoms with Gasteiger partial charge in [0.1, 0.15) is 0 Å². The lowest BCUT2D eigenvalue weighted by Crippen LogP contribution is -2.53. The lowest BCUT2D eigenvalue weighted by molar-refractivity contribution is -0.116. The van der Waals surface area contributed by atoms with E-state index in [1.165, 1.54) is 15.9 Å². The van der Waals surface area contributed by atoms with Crippen molar-refractivity contribution in [3.05, 3.63) is 60.2 Å². The topological polar surface area (TPSA) is 18.5 Å². The molecule has 0 fully saturated rings. The highest BCUT2D eigenvalue weighted by molar-refractivity contribution is 7.98. The van der Waals surface area contributed by atoms with Crippen LogP contribution in [-0.2, 0) is 15.1 Å². The minimum atomic E-state index is -0.387. The number of rotatable bonds is 8. The van der Waals surface area contributed by atoms with Gasteiger partial charge in [0.2, 0.25) is 0 Å². The third kappa shape index (κ3) is 5.37. The summed E-state index contributed by atoms with van der Waals surface area (Å²) in [5, 5.41) is 0. The fraction of sp³-hybridized carbons (Fsp3) is 0.429. The first kappa shape index (κ1) is 20.1. The van der Waals surface area contributed by atoms with Crippen molar-refractivity contribution in [3.63, 3.8) is 0 Å². The van der Waals surface area contributed by atoms with Crippen LogP contribution >= 0.6 is 11.8 Å². The molecular weight excluding hydrogens is 327 g/mol. The maximum atomic E-state index is 6.32. The van der Waals surface area contributed by atoms with Gasteiger partial charge in [-0.05, 0) is 50.9 Å². The van der Waals surface area contributed by atoms with Crippen LogP contribution < -0.4 is 5.46 Å². The molecule has 4 heteroatoms. The lowest BCUT2D eigenvalue weighted by atomic mass is 9.62. The summed E-state index contributed by atoms with van der Waals surface area (Å²) in [6.45, 7) is 10.4. The van der Waals surface area contributed by atoms with Gasteiger partial charge in [-0.1, -0.05) is 49.3 Å². The Morgan fingerprint density at radius 3 is 2.04 bits per heavy atom. The van der Waals surface area contributed by atoms with Crippen LogP contribution in [0.15, 0.2) is 59.5 Å². The lowest BCUT2D eigenvalue weighted by Gasteiger charge is -2.42. The predicted molar refractivity (Wildman–Crippen MR) is 110 cm³/mol. The van der Waals surface area contributed by atoms with Gasteiger partial charge in [-0.15, -0.1) is 11.8 Å². The molecule has 0 aromatic heterocycles. The van der Waals surface area contributed by atoms with Crippen molar-refractivity contribution in [3.8, 4) is 0 Å². The molecule has 25 heavy (non-hydrogen) atoms. The number of ether oxygens (including phenoxy) is 1. The van der Waals surface area contributed by atoms with Crippen molar-refractivity contribution in [1.82, 2.24) is 0 Å². The van der Waals surface area contributed by atoms with Gasteiger partial charge in [0, 0.05) is 17.8 Å². The molecule has 0 unspecified atom stereocenters. The fourth-order valence-electron chi connectivity index (χ4n) is 2.47. The molecule has 134 valence electrons. The molecule has 2 aromatic carbocycles. The largest absolute Gasteiger partial charge is 0.423 e. The van der Waals surface area contributed by atoms with Crippen molar-refractivity contribution >= 4 is 24.1 Å². The summed E-state index contributed by atoms with van der Waals surface area (Å²) in [7, 11) is 1.73. The van der Waals surface area contributed by atoms with Crippen LogP contribution in [0.5, 0.6) is 0 Å². The zero-order chi connectivity index (χ0) is 18.5. The maximum Gasteiger partial charge on any atom is 0.324 e. The Hall–Kier alpha value is -1.23. The molecule has 0 aliphatic carbocycles. The molecule has 0 amide bonds. The van der Waals surface area contributed by atoms with Crippen molar-refractivity contribution < 1.29 is 9.39 Å². The van der Waals surface area contributed by atoms with E-state index >= 15 is 0 Å². The highest BCUT2D eigenvalue weighted by atomic mass is 32.2. The van der Waals surface area contributed by atoms with Gasteiger partial charge in [-0.3, -0.25) is 0 Å². The smallest absolute Gasteiger partial charge is 0.324 e. The molecule has 0 radical (unpaired) electrons. The first-order chi connectivity index (χ1) is 11.7. The Bertz CT molecular complexity index is 653. The Labute approximate surface area is 157 Å². The van der Waals surface area contributed by atoms with Crippen molar-refractivity contribution in [1.29, 1.82) is 0 Å². The third-order valence-corrected chi connectivity index (χ3v) is 6.11. The molecule has 0 atom stereocenters. The molecule has 0 saturated carbocycles. The number of thioether (sulfide) groups is 1. The molecule has 2 nitrogen and oxygen atoms in total. The van der Waals surface area contributed by atoms with Crippen LogP contribution in [0.4, 0.5) is 0 Å². The summed E-state index contributed by atoms with van der Waals surface area (Å²) in [6, 6.07) is 19.2. The van der Waals surface area contributed by atoms with Gasteiger partial charge in [0.05, 0.1) is 11.2 Å². The molecule has 2 rings (SSSR count). The molecule has 0 N–H and O–H groups in total. The van der Waals surface area contributed by atoms with Gasteiger partial charge in [-0.2, -0.15) is 0 Å². The summed E-state index contributed by atoms with van der Waals surface area (Å²) in [5.41, 5.74) is 1.79. The van der Waals surface area contributed by atoms with E-state index in [9.17, 15) is 0 Å². The van der Waals surface area contributed by atoms with Crippen LogP contribution in [0, 0.1) is 0 Å². The van der Waals surface area contributed by atoms with E-state index in [2.05, 4.69) is 89.1 Å². The second-order valence-electron chi connectivity index (χ2n) is 7.33. The average molecular weight is 356 g/mol. The first-order valence-corrected chi connectivity index (χ1v) is 9.73. The number of methoxy groups -OCH3 is 1. The molecule has 0 saturated heterocycles. The van der Waals surface area contributed by atoms with Crippen LogP contribution in [0.2, 0.25) is 6.82 Å². The highest BCUT2D eigenvalue weighted by Crippen LogP contribution is 2.29. The standard InChI is InChI=1S/C21H29BO2S/c1-20(2,23-6)21(3,4)24-22(5)18-12-14-19(15-13-18)25-16-17-10-8-7-9-11-17/h7-15H,16H2,1-6H3. The molecule has 0 heterocycles. The van der Waals surface area contributed by atoms with E-state index in [1.807, 2.05) is 11.8 Å². The molecule has 0 spiro atoms. The second-order valence-corrected chi connectivity index (χ2v) is 8.38. The second kappa shape index (κ2) is 8.44. The van der Waals surface area contributed by atoms with Gasteiger partial charge in [0.25, 0.3) is 0 Å². The third-order valence-electron chi connectivity index (χ3n) is 5.03. The molecule has 0 bridgehead atoms. The average Bonchev–Trinajstić information content (AvgIpc) is 2.60. The quantitative estimate of drug-likeness (QED) is 0.488. The van der Waals surface area contributed by atoms with E-state index in [1.54, 1.807) is 7.11 Å². The first-order valence-electron chi connectivity index (χ1n) is 8.75. The van der Waals surface area contributed by atoms with E-state index in [0.29, 0.717) is 0 Å². The zero-order valence-corrected chi connectivity index (χ0v) is 17.0. The van der Waals surface area contributed by atoms with Crippen LogP contribution in [-0.4, -0.2) is 25.2 Å². The van der Waals surface area contributed by atoms with Crippen molar-refractivity contribution in [2.75, 3.05) is 7.11 Å². The van der Waals surface area contributed by atoms with E-state index in [4.69, 9.17) is 9.39 Å². The molecule has 0 aliphatic heterocycles. The van der Waals surface area contributed by atoms with Crippen LogP contribution in [0.25, 0.3) is 0 Å². The molecule has 2 aromatic rings. The Balaban J connectivity index is 1.97. The van der Waals surface area contributed by atoms with E-state index in [-0.39, 0.29) is 18.1 Å². The summed E-state index contributed by atoms with van der Waals surface area (Å²) < 4.78 is 11.9. The predicted octanol–water partition coefficient (Wildman–Crippen LogP) is 5.03. The Morgan fingerprint density at radius 1 is 0.880 bits per heavy atom. The summed E-state index contributed by atoms with van der Waals surface area (Å²) >= 11 is 1.85. The number of hydrogen-bond acceptors (Lipinski definition) is 3. The monoisotopic (exact) mass is 356 g/mol. The van der Waals surface area contributed by atoms with E-state index < -0.39 is 0 Å². The number of benzene rings is 2. The van der Waals surface area contributed by atoms with Crippen molar-refractivity contribution in [2.24, 2.45) is 0 Å². The van der Waals surface area contributed by atoms with Gasteiger partial charge < -0.3 is 9.39 Å². The Kier molecular flexibility index (Phi) is 6.78. The summed E-state index contributed by atoms with van der Waals surface area (Å²) in [4.78, 5) is 1.27.